The molecule has 0 bridgehead atoms. The molecule has 3 aliphatic rings. The van der Waals surface area contributed by atoms with Gasteiger partial charge in [-0.3, -0.25) is 14.5 Å². The van der Waals surface area contributed by atoms with Crippen LogP contribution in [0.2, 0.25) is 0 Å². The van der Waals surface area contributed by atoms with Crippen molar-refractivity contribution in [2.45, 2.75) is 76.5 Å². The molecule has 2 aliphatic heterocycles. The minimum Gasteiger partial charge on any atom is -0.373 e. The molecule has 164 valence electrons. The van der Waals surface area contributed by atoms with E-state index in [1.54, 1.807) is 13.0 Å². The van der Waals surface area contributed by atoms with E-state index >= 15 is 0 Å². The topological polar surface area (TPSA) is 64.7 Å². The second-order valence-electron chi connectivity index (χ2n) is 9.21. The lowest BCUT2D eigenvalue weighted by Crippen LogP contribution is -2.49. The minimum absolute atomic E-state index is 0.0359. The van der Waals surface area contributed by atoms with Gasteiger partial charge in [-0.05, 0) is 50.7 Å². The van der Waals surface area contributed by atoms with Gasteiger partial charge in [0.25, 0.3) is 0 Å². The number of benzene rings is 1. The fourth-order valence-electron chi connectivity index (χ4n) is 5.33. The van der Waals surface area contributed by atoms with Gasteiger partial charge >= 0.3 is 0 Å². The van der Waals surface area contributed by atoms with E-state index in [1.807, 2.05) is 18.9 Å². The average molecular weight is 417 g/mol. The second kappa shape index (κ2) is 8.53. The maximum atomic E-state index is 14.1. The Morgan fingerprint density at radius 2 is 2.07 bits per heavy atom. The first-order valence-corrected chi connectivity index (χ1v) is 11.2. The molecule has 4 rings (SSSR count). The van der Waals surface area contributed by atoms with Crippen LogP contribution in [0.1, 0.15) is 50.2 Å². The monoisotopic (exact) mass is 416 g/mol. The van der Waals surface area contributed by atoms with Crippen LogP contribution >= 0.6 is 0 Å². The van der Waals surface area contributed by atoms with Crippen molar-refractivity contribution in [3.8, 4) is 0 Å². The first-order valence-electron chi connectivity index (χ1n) is 11.2. The van der Waals surface area contributed by atoms with Crippen LogP contribution in [0.4, 0.5) is 10.1 Å². The van der Waals surface area contributed by atoms with Crippen molar-refractivity contribution in [2.24, 2.45) is 0 Å². The van der Waals surface area contributed by atoms with Gasteiger partial charge < -0.3 is 15.5 Å². The van der Waals surface area contributed by atoms with Crippen LogP contribution in [0.3, 0.4) is 0 Å². The van der Waals surface area contributed by atoms with Crippen molar-refractivity contribution in [1.29, 1.82) is 0 Å². The van der Waals surface area contributed by atoms with Gasteiger partial charge in [-0.15, -0.1) is 0 Å². The predicted molar refractivity (Wildman–Crippen MR) is 115 cm³/mol. The number of fused-ring (bicyclic) bond motifs is 1. The highest BCUT2D eigenvalue weighted by Crippen LogP contribution is 2.32. The van der Waals surface area contributed by atoms with E-state index in [9.17, 15) is 14.0 Å². The molecule has 2 heterocycles. The maximum absolute atomic E-state index is 14.1. The number of anilines is 1. The summed E-state index contributed by atoms with van der Waals surface area (Å²) in [6, 6.07) is 3.71. The van der Waals surface area contributed by atoms with Crippen molar-refractivity contribution in [2.75, 3.05) is 25.5 Å². The van der Waals surface area contributed by atoms with Crippen LogP contribution < -0.4 is 10.6 Å². The first-order chi connectivity index (χ1) is 14.3. The van der Waals surface area contributed by atoms with Crippen LogP contribution in [-0.4, -0.2) is 65.9 Å². The van der Waals surface area contributed by atoms with Crippen molar-refractivity contribution in [3.63, 3.8) is 0 Å². The van der Waals surface area contributed by atoms with Crippen molar-refractivity contribution in [1.82, 2.24) is 15.1 Å². The van der Waals surface area contributed by atoms with E-state index in [-0.39, 0.29) is 29.7 Å². The number of likely N-dealkylation sites (N-methyl/N-ethyl adjacent to an activating group) is 1. The number of hydrogen-bond acceptors (Lipinski definition) is 4. The molecular weight excluding hydrogens is 383 g/mol. The number of nitrogens with one attached hydrogen (secondary N) is 2. The minimum atomic E-state index is -0.406. The number of hydrogen-bond donors (Lipinski definition) is 2. The van der Waals surface area contributed by atoms with Gasteiger partial charge in [-0.25, -0.2) is 4.39 Å². The molecule has 2 amide bonds. The average Bonchev–Trinajstić information content (AvgIpc) is 3.39. The smallest absolute Gasteiger partial charge is 0.243 e. The number of aryl methyl sites for hydroxylation is 1. The van der Waals surface area contributed by atoms with Gasteiger partial charge in [0.1, 0.15) is 11.9 Å². The molecule has 7 heteroatoms. The third-order valence-electron chi connectivity index (χ3n) is 7.26. The largest absolute Gasteiger partial charge is 0.373 e. The van der Waals surface area contributed by atoms with Crippen LogP contribution in [0.5, 0.6) is 0 Å². The summed E-state index contributed by atoms with van der Waals surface area (Å²) in [6.45, 7) is 5.48. The molecule has 1 saturated heterocycles. The molecular formula is C23H33FN4O2. The maximum Gasteiger partial charge on any atom is 0.243 e. The third-order valence-corrected chi connectivity index (χ3v) is 7.26. The predicted octanol–water partition coefficient (Wildman–Crippen LogP) is 2.45. The normalized spacial score (nSPS) is 28.7. The number of carbonyl (C=O) groups is 2. The zero-order valence-electron chi connectivity index (χ0n) is 18.2. The summed E-state index contributed by atoms with van der Waals surface area (Å²) in [4.78, 5) is 28.9. The molecule has 2 N–H and O–H groups in total. The summed E-state index contributed by atoms with van der Waals surface area (Å²) in [7, 11) is 1.89. The Morgan fingerprint density at radius 3 is 2.80 bits per heavy atom. The summed E-state index contributed by atoms with van der Waals surface area (Å²) in [5.74, 6) is -0.158. The van der Waals surface area contributed by atoms with E-state index in [1.165, 1.54) is 6.07 Å². The molecule has 1 aliphatic carbocycles. The summed E-state index contributed by atoms with van der Waals surface area (Å²) >= 11 is 0. The molecule has 0 spiro atoms. The molecule has 2 fully saturated rings. The van der Waals surface area contributed by atoms with E-state index < -0.39 is 6.04 Å². The summed E-state index contributed by atoms with van der Waals surface area (Å²) in [5.41, 5.74) is 2.36. The van der Waals surface area contributed by atoms with Gasteiger partial charge in [-0.1, -0.05) is 6.07 Å². The van der Waals surface area contributed by atoms with E-state index in [0.717, 1.165) is 56.4 Å². The molecule has 30 heavy (non-hydrogen) atoms. The fourth-order valence-corrected chi connectivity index (χ4v) is 5.33. The highest BCUT2D eigenvalue weighted by Gasteiger charge is 2.36. The SMILES string of the molecule is CC(=O)N(C)[C@H]1CCN(C2CCC[C@@H](NC(=O)C3Cc4c(F)ccc(C)c4N3)C2)C1. The van der Waals surface area contributed by atoms with Crippen LogP contribution in [-0.2, 0) is 16.0 Å². The zero-order valence-corrected chi connectivity index (χ0v) is 18.2. The number of halogens is 1. The fraction of sp³-hybridized carbons (Fsp3) is 0.652. The number of amides is 2. The lowest BCUT2D eigenvalue weighted by molar-refractivity contribution is -0.129. The molecule has 4 atom stereocenters. The van der Waals surface area contributed by atoms with Gasteiger partial charge in [0.05, 0.1) is 0 Å². The Morgan fingerprint density at radius 1 is 1.27 bits per heavy atom. The number of rotatable bonds is 4. The Labute approximate surface area is 178 Å². The highest BCUT2D eigenvalue weighted by atomic mass is 19.1. The summed E-state index contributed by atoms with van der Waals surface area (Å²) in [5, 5.41) is 6.45. The van der Waals surface area contributed by atoms with Crippen LogP contribution in [0.25, 0.3) is 0 Å². The molecule has 0 radical (unpaired) electrons. The lowest BCUT2D eigenvalue weighted by Gasteiger charge is -2.36. The van der Waals surface area contributed by atoms with E-state index in [0.29, 0.717) is 18.0 Å². The first kappa shape index (κ1) is 21.1. The number of nitrogens with zero attached hydrogens (tertiary/aromatic N) is 2. The molecule has 0 aromatic heterocycles. The number of likely N-dealkylation sites (tertiary alicyclic amines) is 1. The highest BCUT2D eigenvalue weighted by molar-refractivity contribution is 5.88. The lowest BCUT2D eigenvalue weighted by atomic mass is 9.89. The Balaban J connectivity index is 1.32. The van der Waals surface area contributed by atoms with E-state index in [2.05, 4.69) is 15.5 Å². The molecule has 6 nitrogen and oxygen atoms in total. The van der Waals surface area contributed by atoms with Gasteiger partial charge in [0.15, 0.2) is 0 Å². The zero-order chi connectivity index (χ0) is 21.4. The summed E-state index contributed by atoms with van der Waals surface area (Å²) in [6.07, 6.45) is 5.57. The Kier molecular flexibility index (Phi) is 6.00. The van der Waals surface area contributed by atoms with Crippen LogP contribution in [0.15, 0.2) is 12.1 Å². The van der Waals surface area contributed by atoms with Crippen LogP contribution in [0, 0.1) is 12.7 Å². The molecule has 1 saturated carbocycles. The van der Waals surface area contributed by atoms with E-state index in [4.69, 9.17) is 0 Å². The number of carbonyl (C=O) groups excluding carboxylic acids is 2. The second-order valence-corrected chi connectivity index (χ2v) is 9.21. The molecule has 2 unspecified atom stereocenters. The molecule has 1 aromatic rings. The third kappa shape index (κ3) is 4.17. The quantitative estimate of drug-likeness (QED) is 0.792. The van der Waals surface area contributed by atoms with Crippen molar-refractivity contribution >= 4 is 17.5 Å². The molecule has 1 aromatic carbocycles. The van der Waals surface area contributed by atoms with Crippen molar-refractivity contribution < 1.29 is 14.0 Å². The van der Waals surface area contributed by atoms with Gasteiger partial charge in [-0.2, -0.15) is 0 Å². The van der Waals surface area contributed by atoms with Gasteiger partial charge in [0.2, 0.25) is 11.8 Å². The summed E-state index contributed by atoms with van der Waals surface area (Å²) < 4.78 is 14.1. The Bertz CT molecular complexity index is 799. The Hall–Kier alpha value is -2.15. The standard InChI is InChI=1S/C23H33FN4O2/c1-14-7-8-20(24)19-12-21(26-22(14)19)23(30)25-16-5-4-6-17(11-16)28-10-9-18(13-28)27(3)15(2)29/h7-8,16-18,21,26H,4-6,9-13H2,1-3H3,(H,25,30)/t16-,17?,18+,21?/m1/s1. The van der Waals surface area contributed by atoms with Gasteiger partial charge in [0, 0.05) is 62.9 Å². The van der Waals surface area contributed by atoms with Crippen molar-refractivity contribution in [3.05, 3.63) is 29.1 Å².